The van der Waals surface area contributed by atoms with E-state index in [-0.39, 0.29) is 0 Å². The Hall–Kier alpha value is -2.22. The molecule has 0 bridgehead atoms. The molecule has 0 atom stereocenters. The van der Waals surface area contributed by atoms with Crippen LogP contribution in [0.5, 0.6) is 0 Å². The molecule has 0 nitrogen and oxygen atoms in total. The van der Waals surface area contributed by atoms with E-state index in [4.69, 9.17) is 17.0 Å². The number of hydrogen-bond acceptors (Lipinski definition) is 0. The second-order valence-corrected chi connectivity index (χ2v) is 15.9. The number of halogens is 2. The first-order valence-corrected chi connectivity index (χ1v) is 23.6. The zero-order valence-corrected chi connectivity index (χ0v) is 32.4. The van der Waals surface area contributed by atoms with Crippen molar-refractivity contribution in [3.05, 3.63) is 130 Å². The van der Waals surface area contributed by atoms with E-state index in [2.05, 4.69) is 152 Å². The van der Waals surface area contributed by atoms with Gasteiger partial charge in [0.25, 0.3) is 0 Å². The van der Waals surface area contributed by atoms with Gasteiger partial charge in [0.15, 0.2) is 0 Å². The van der Waals surface area contributed by atoms with E-state index in [0.29, 0.717) is 0 Å². The molecule has 6 aromatic carbocycles. The first kappa shape index (κ1) is 36.3. The van der Waals surface area contributed by atoms with Crippen LogP contribution >= 0.6 is 17.0 Å². The van der Waals surface area contributed by atoms with Gasteiger partial charge in [-0.3, -0.25) is 0 Å². The van der Waals surface area contributed by atoms with Crippen LogP contribution in [0, 0.1) is 27.7 Å². The zero-order chi connectivity index (χ0) is 32.2. The van der Waals surface area contributed by atoms with Crippen molar-refractivity contribution in [1.82, 2.24) is 0 Å². The minimum absolute atomic E-state index is 0.826. The fourth-order valence-electron chi connectivity index (χ4n) is 5.92. The van der Waals surface area contributed by atoms with Crippen molar-refractivity contribution in [3.8, 4) is 22.3 Å². The van der Waals surface area contributed by atoms with Crippen LogP contribution < -0.4 is 0 Å². The third-order valence-electron chi connectivity index (χ3n) is 7.94. The Morgan fingerprint density at radius 2 is 0.864 bits per heavy atom. The Kier molecular flexibility index (Phi) is 14.9. The van der Waals surface area contributed by atoms with Crippen LogP contribution in [0.4, 0.5) is 0 Å². The molecule has 226 valence electrons. The van der Waals surface area contributed by atoms with E-state index in [0.717, 1.165) is 22.4 Å². The summed E-state index contributed by atoms with van der Waals surface area (Å²) in [6.45, 7) is 17.5. The normalized spacial score (nSPS) is 10.2. The maximum atomic E-state index is 4.93. The third kappa shape index (κ3) is 8.95. The molecule has 0 heterocycles. The van der Waals surface area contributed by atoms with Crippen molar-refractivity contribution in [2.45, 2.75) is 67.5 Å². The first-order valence-electron chi connectivity index (χ1n) is 15.3. The van der Waals surface area contributed by atoms with Crippen LogP contribution in [-0.2, 0) is 33.7 Å². The van der Waals surface area contributed by atoms with Crippen LogP contribution in [0.3, 0.4) is 0 Å². The molecule has 0 aliphatic heterocycles. The fraction of sp³-hybridized carbons (Fsp3) is 0.250. The predicted octanol–water partition coefficient (Wildman–Crippen LogP) is 13.0. The van der Waals surface area contributed by atoms with Gasteiger partial charge in [-0.05, 0) is 73.9 Å². The van der Waals surface area contributed by atoms with Gasteiger partial charge in [-0.1, -0.05) is 86.6 Å². The summed E-state index contributed by atoms with van der Waals surface area (Å²) < 4.78 is 0. The number of hydrogen-bond donors (Lipinski definition) is 0. The Morgan fingerprint density at radius 1 is 0.568 bits per heavy atom. The van der Waals surface area contributed by atoms with E-state index < -0.39 is 20.8 Å². The van der Waals surface area contributed by atoms with Gasteiger partial charge in [-0.25, -0.2) is 0 Å². The molecule has 0 aliphatic carbocycles. The molecule has 4 heteroatoms. The van der Waals surface area contributed by atoms with Crippen LogP contribution in [0.25, 0.3) is 43.8 Å². The SMILES string of the molecule is CCc1cc2c(-c3c(C)cccc3C)cccc2[cH-]1.CCc1cc2c(-c3c(C)cccc3C)cccc2[cH-]1.C[Si]C.[Cl][Zr+2][Cl]. The monoisotopic (exact) mass is 712 g/mol. The Bertz CT molecular complexity index is 1600. The van der Waals surface area contributed by atoms with Gasteiger partial charge in [-0.15, -0.1) is 69.1 Å². The minimum atomic E-state index is -0.826. The number of benzene rings is 4. The van der Waals surface area contributed by atoms with Crippen LogP contribution in [0.1, 0.15) is 47.2 Å². The Labute approximate surface area is 287 Å². The summed E-state index contributed by atoms with van der Waals surface area (Å²) in [7, 11) is 11.0. The van der Waals surface area contributed by atoms with E-state index in [1.54, 1.807) is 0 Å². The van der Waals surface area contributed by atoms with Gasteiger partial charge in [0.05, 0.1) is 0 Å². The van der Waals surface area contributed by atoms with Crippen LogP contribution in [0.15, 0.2) is 97.1 Å². The van der Waals surface area contributed by atoms with E-state index in [1.807, 2.05) is 0 Å². The van der Waals surface area contributed by atoms with Crippen molar-refractivity contribution < 1.29 is 20.8 Å². The molecule has 0 aliphatic rings. The molecule has 44 heavy (non-hydrogen) atoms. The summed E-state index contributed by atoms with van der Waals surface area (Å²) >= 11 is -0.826. The van der Waals surface area contributed by atoms with Gasteiger partial charge < -0.3 is 0 Å². The number of fused-ring (bicyclic) bond motifs is 2. The van der Waals surface area contributed by atoms with E-state index in [1.165, 1.54) is 77.2 Å². The zero-order valence-electron chi connectivity index (χ0n) is 27.4. The summed E-state index contributed by atoms with van der Waals surface area (Å²) in [5.74, 6) is 0. The van der Waals surface area contributed by atoms with Gasteiger partial charge in [0.1, 0.15) is 0 Å². The van der Waals surface area contributed by atoms with Crippen molar-refractivity contribution in [2.24, 2.45) is 0 Å². The number of rotatable bonds is 4. The summed E-state index contributed by atoms with van der Waals surface area (Å²) in [5, 5.41) is 5.49. The fourth-order valence-corrected chi connectivity index (χ4v) is 5.92. The van der Waals surface area contributed by atoms with Crippen LogP contribution in [-0.4, -0.2) is 9.52 Å². The van der Waals surface area contributed by atoms with E-state index >= 15 is 0 Å². The van der Waals surface area contributed by atoms with Crippen molar-refractivity contribution in [1.29, 1.82) is 0 Å². The van der Waals surface area contributed by atoms with Gasteiger partial charge in [0.2, 0.25) is 0 Å². The molecule has 0 aromatic heterocycles. The molecule has 0 saturated heterocycles. The molecule has 6 aromatic rings. The van der Waals surface area contributed by atoms with E-state index in [9.17, 15) is 0 Å². The molecule has 0 unspecified atom stereocenters. The molecular weight excluding hydrogens is 671 g/mol. The molecule has 0 N–H and O–H groups in total. The molecule has 6 rings (SSSR count). The second kappa shape index (κ2) is 18.1. The molecule has 0 spiro atoms. The Balaban J connectivity index is 0.000000204. The summed E-state index contributed by atoms with van der Waals surface area (Å²) in [6, 6.07) is 35.6. The van der Waals surface area contributed by atoms with Gasteiger partial charge >= 0.3 is 37.9 Å². The molecule has 2 radical (unpaired) electrons. The maximum absolute atomic E-state index is 4.93. The standard InChI is InChI=1S/2C19H19.C2H6Si.2ClH.Zr/c2*1-4-15-11-16-9-6-10-17(18(16)12-15)19-13(2)7-5-8-14(19)3;1-3-2;;;/h2*5-12H,4H2,1-3H3;1-2H3;2*1H;/q2*-1;;;;+4/p-2. The molecular formula is C40H44Cl2SiZr. The van der Waals surface area contributed by atoms with Crippen molar-refractivity contribution in [3.63, 3.8) is 0 Å². The molecule has 0 fully saturated rings. The number of aryl methyl sites for hydroxylation is 6. The van der Waals surface area contributed by atoms with Crippen molar-refractivity contribution in [2.75, 3.05) is 0 Å². The van der Waals surface area contributed by atoms with Crippen molar-refractivity contribution >= 4 is 48.1 Å². The topological polar surface area (TPSA) is 0 Å². The van der Waals surface area contributed by atoms with Gasteiger partial charge in [0, 0.05) is 9.52 Å². The van der Waals surface area contributed by atoms with Crippen LogP contribution in [0.2, 0.25) is 13.1 Å². The summed E-state index contributed by atoms with van der Waals surface area (Å²) in [4.78, 5) is 0. The average molecular weight is 715 g/mol. The summed E-state index contributed by atoms with van der Waals surface area (Å²) in [6.07, 6.45) is 2.20. The predicted molar refractivity (Wildman–Crippen MR) is 197 cm³/mol. The second-order valence-electron chi connectivity index (χ2n) is 11.2. The third-order valence-corrected chi connectivity index (χ3v) is 7.94. The van der Waals surface area contributed by atoms with Gasteiger partial charge in [-0.2, -0.15) is 12.1 Å². The molecule has 0 amide bonds. The quantitative estimate of drug-likeness (QED) is 0.126. The first-order chi connectivity index (χ1) is 21.2. The molecule has 0 saturated carbocycles. The summed E-state index contributed by atoms with van der Waals surface area (Å²) in [5.41, 5.74) is 13.8. The average Bonchev–Trinajstić information content (AvgIpc) is 3.63. The Morgan fingerprint density at radius 3 is 1.16 bits per heavy atom.